The Bertz CT molecular complexity index is 614. The first-order chi connectivity index (χ1) is 9.47. The summed E-state index contributed by atoms with van der Waals surface area (Å²) in [5.74, 6) is -1.31. The van der Waals surface area contributed by atoms with Crippen LogP contribution in [0.1, 0.15) is 10.5 Å². The Hall–Kier alpha value is -2.62. The van der Waals surface area contributed by atoms with Gasteiger partial charge in [0.1, 0.15) is 6.61 Å². The van der Waals surface area contributed by atoms with Crippen LogP contribution in [0.4, 0.5) is 11.6 Å². The number of nitrogens with two attached hydrogens (primary N) is 3. The number of nitrogens with one attached hydrogen (secondary N) is 1. The van der Waals surface area contributed by atoms with Crippen molar-refractivity contribution in [3.05, 3.63) is 10.8 Å². The van der Waals surface area contributed by atoms with Gasteiger partial charge in [-0.2, -0.15) is 4.99 Å². The molecule has 7 N–H and O–H groups in total. The van der Waals surface area contributed by atoms with Crippen LogP contribution in [0.25, 0.3) is 0 Å². The van der Waals surface area contributed by atoms with E-state index in [-0.39, 0.29) is 34.5 Å². The Kier molecular flexibility index (Phi) is 3.84. The summed E-state index contributed by atoms with van der Waals surface area (Å²) >= 11 is 5.66. The summed E-state index contributed by atoms with van der Waals surface area (Å²) < 4.78 is 5.05. The van der Waals surface area contributed by atoms with Gasteiger partial charge in [-0.15, -0.1) is 0 Å². The van der Waals surface area contributed by atoms with Gasteiger partial charge < -0.3 is 21.9 Å². The molecular weight excluding hydrogens is 288 g/mol. The Morgan fingerprint density at radius 1 is 1.35 bits per heavy atom. The molecule has 2 heterocycles. The van der Waals surface area contributed by atoms with Crippen LogP contribution in [-0.4, -0.2) is 41.0 Å². The molecular formula is C9H11ClN8O2. The molecule has 0 unspecified atom stereocenters. The van der Waals surface area contributed by atoms with Crippen LogP contribution in [-0.2, 0) is 4.74 Å². The molecule has 0 aromatic carbocycles. The lowest BCUT2D eigenvalue weighted by Gasteiger charge is -2.05. The predicted octanol–water partition coefficient (Wildman–Crippen LogP) is -1.27. The van der Waals surface area contributed by atoms with Gasteiger partial charge in [-0.1, -0.05) is 11.6 Å². The zero-order valence-electron chi connectivity index (χ0n) is 10.1. The Morgan fingerprint density at radius 2 is 2.10 bits per heavy atom. The van der Waals surface area contributed by atoms with E-state index in [0.29, 0.717) is 13.2 Å². The fourth-order valence-electron chi connectivity index (χ4n) is 1.31. The second kappa shape index (κ2) is 5.57. The molecule has 1 aromatic rings. The van der Waals surface area contributed by atoms with E-state index in [9.17, 15) is 4.79 Å². The molecule has 0 aliphatic carbocycles. The van der Waals surface area contributed by atoms with Crippen LogP contribution >= 0.6 is 11.6 Å². The van der Waals surface area contributed by atoms with E-state index in [1.807, 2.05) is 0 Å². The minimum atomic E-state index is -0.819. The minimum absolute atomic E-state index is 0.0792. The fraction of sp³-hybridized carbons (Fsp3) is 0.222. The number of carbonyl (C=O) groups is 1. The molecule has 0 fully saturated rings. The van der Waals surface area contributed by atoms with Gasteiger partial charge in [0.15, 0.2) is 22.5 Å². The van der Waals surface area contributed by atoms with E-state index in [1.165, 1.54) is 0 Å². The Balaban J connectivity index is 2.16. The maximum atomic E-state index is 11.8. The van der Waals surface area contributed by atoms with Crippen molar-refractivity contribution in [1.82, 2.24) is 15.3 Å². The number of rotatable bonds is 1. The molecule has 20 heavy (non-hydrogen) atoms. The quantitative estimate of drug-likeness (QED) is 0.367. The molecule has 10 nitrogen and oxygen atoms in total. The first-order valence-electron chi connectivity index (χ1n) is 5.38. The van der Waals surface area contributed by atoms with Crippen molar-refractivity contribution in [3.63, 3.8) is 0 Å². The summed E-state index contributed by atoms with van der Waals surface area (Å²) in [5, 5.41) is 2.37. The number of anilines is 2. The van der Waals surface area contributed by atoms with E-state index in [0.717, 1.165) is 0 Å². The molecule has 1 aliphatic heterocycles. The second-order valence-corrected chi connectivity index (χ2v) is 3.95. The fourth-order valence-corrected chi connectivity index (χ4v) is 1.44. The summed E-state index contributed by atoms with van der Waals surface area (Å²) in [6.45, 7) is 0.950. The topological polar surface area (TPSA) is 167 Å². The summed E-state index contributed by atoms with van der Waals surface area (Å²) in [4.78, 5) is 26.7. The highest BCUT2D eigenvalue weighted by atomic mass is 35.5. The van der Waals surface area contributed by atoms with Gasteiger partial charge in [0.25, 0.3) is 6.02 Å². The molecule has 106 valence electrons. The van der Waals surface area contributed by atoms with Crippen molar-refractivity contribution in [1.29, 1.82) is 0 Å². The van der Waals surface area contributed by atoms with Gasteiger partial charge in [-0.25, -0.2) is 15.0 Å². The Labute approximate surface area is 118 Å². The van der Waals surface area contributed by atoms with E-state index in [1.54, 1.807) is 0 Å². The number of amidine groups is 1. The lowest BCUT2D eigenvalue weighted by atomic mass is 10.4. The van der Waals surface area contributed by atoms with Crippen molar-refractivity contribution in [2.24, 2.45) is 15.7 Å². The molecule has 2 rings (SSSR count). The van der Waals surface area contributed by atoms with Crippen molar-refractivity contribution < 1.29 is 9.53 Å². The van der Waals surface area contributed by atoms with Crippen LogP contribution in [0, 0.1) is 0 Å². The van der Waals surface area contributed by atoms with Crippen LogP contribution < -0.4 is 22.5 Å². The summed E-state index contributed by atoms with van der Waals surface area (Å²) in [5.41, 5.74) is 16.2. The van der Waals surface area contributed by atoms with Gasteiger partial charge in [0.2, 0.25) is 5.96 Å². The highest BCUT2D eigenvalue weighted by Gasteiger charge is 2.16. The zero-order valence-corrected chi connectivity index (χ0v) is 10.9. The third-order valence-electron chi connectivity index (χ3n) is 2.15. The number of amides is 1. The number of hydrogen-bond acceptors (Lipinski definition) is 7. The smallest absolute Gasteiger partial charge is 0.302 e. The largest absolute Gasteiger partial charge is 0.463 e. The molecule has 1 amide bonds. The van der Waals surface area contributed by atoms with Crippen LogP contribution in [0.15, 0.2) is 9.98 Å². The number of guanidine groups is 1. The number of hydrogen-bond donors (Lipinski definition) is 4. The number of nitrogen functional groups attached to an aromatic ring is 2. The molecule has 0 spiro atoms. The highest BCUT2D eigenvalue weighted by molar-refractivity contribution is 6.31. The van der Waals surface area contributed by atoms with Gasteiger partial charge in [-0.05, 0) is 0 Å². The van der Waals surface area contributed by atoms with Crippen molar-refractivity contribution in [3.8, 4) is 0 Å². The molecule has 0 radical (unpaired) electrons. The zero-order chi connectivity index (χ0) is 14.7. The number of ether oxygens (including phenoxy) is 1. The van der Waals surface area contributed by atoms with E-state index < -0.39 is 5.91 Å². The molecule has 11 heteroatoms. The van der Waals surface area contributed by atoms with Gasteiger partial charge in [0.05, 0.1) is 6.54 Å². The molecule has 0 atom stereocenters. The molecule has 0 bridgehead atoms. The average molecular weight is 299 g/mol. The van der Waals surface area contributed by atoms with Crippen molar-refractivity contribution >= 4 is 41.1 Å². The molecule has 1 aliphatic rings. The predicted molar refractivity (Wildman–Crippen MR) is 73.2 cm³/mol. The number of halogens is 1. The van der Waals surface area contributed by atoms with Gasteiger partial charge in [0, 0.05) is 0 Å². The third kappa shape index (κ3) is 3.03. The van der Waals surface area contributed by atoms with Crippen LogP contribution in [0.2, 0.25) is 5.15 Å². The maximum Gasteiger partial charge on any atom is 0.302 e. The number of aromatic nitrogens is 2. The normalized spacial score (nSPS) is 14.7. The number of nitrogens with zero attached hydrogens (tertiary/aromatic N) is 4. The standard InChI is InChI=1S/C9H11ClN8O2/c10-4-6(12)16-5(11)3(15-4)7(19)17-8(13)18-9-14-1-2-20-9/h1-2H2,(H4,11,12,16)(H3,13,14,17,18,19). The lowest BCUT2D eigenvalue weighted by molar-refractivity contribution is 0.0998. The van der Waals surface area contributed by atoms with Crippen LogP contribution in [0.3, 0.4) is 0 Å². The summed E-state index contributed by atoms with van der Waals surface area (Å²) in [6, 6.07) is 0.188. The van der Waals surface area contributed by atoms with Crippen molar-refractivity contribution in [2.75, 3.05) is 24.6 Å². The lowest BCUT2D eigenvalue weighted by Crippen LogP contribution is -2.37. The SMILES string of the molecule is N/C(=N/C(=O)c1nc(Cl)c(N)nc1N)NC1=NCCO1. The minimum Gasteiger partial charge on any atom is -0.463 e. The summed E-state index contributed by atoms with van der Waals surface area (Å²) in [7, 11) is 0. The third-order valence-corrected chi connectivity index (χ3v) is 2.43. The van der Waals surface area contributed by atoms with E-state index in [4.69, 9.17) is 33.5 Å². The van der Waals surface area contributed by atoms with Crippen LogP contribution in [0.5, 0.6) is 0 Å². The van der Waals surface area contributed by atoms with Gasteiger partial charge >= 0.3 is 5.91 Å². The average Bonchev–Trinajstić information content (AvgIpc) is 2.86. The Morgan fingerprint density at radius 3 is 2.75 bits per heavy atom. The molecule has 0 saturated carbocycles. The second-order valence-electron chi connectivity index (χ2n) is 3.60. The van der Waals surface area contributed by atoms with Gasteiger partial charge in [-0.3, -0.25) is 10.1 Å². The van der Waals surface area contributed by atoms with E-state index in [2.05, 4.69) is 25.3 Å². The molecule has 1 aromatic heterocycles. The first-order valence-corrected chi connectivity index (χ1v) is 5.76. The van der Waals surface area contributed by atoms with Crippen molar-refractivity contribution in [2.45, 2.75) is 0 Å². The number of aliphatic imine (C=N–C) groups is 2. The monoisotopic (exact) mass is 298 g/mol. The number of carbonyl (C=O) groups excluding carboxylic acids is 1. The maximum absolute atomic E-state index is 11.8. The highest BCUT2D eigenvalue weighted by Crippen LogP contribution is 2.17. The summed E-state index contributed by atoms with van der Waals surface area (Å²) in [6.07, 6.45) is 0. The van der Waals surface area contributed by atoms with E-state index >= 15 is 0 Å². The molecule has 0 saturated heterocycles. The first kappa shape index (κ1) is 13.8.